The number of nitrogens with zero attached hydrogens (tertiary/aromatic N) is 1. The van der Waals surface area contributed by atoms with Gasteiger partial charge in [0.05, 0.1) is 4.90 Å². The summed E-state index contributed by atoms with van der Waals surface area (Å²) in [5.41, 5.74) is 2.01. The number of carbonyl (C=O) groups is 1. The predicted octanol–water partition coefficient (Wildman–Crippen LogP) is 4.08. The van der Waals surface area contributed by atoms with Gasteiger partial charge in [-0.3, -0.25) is 10.1 Å². The summed E-state index contributed by atoms with van der Waals surface area (Å²) in [5.74, 6) is -0.293. The monoisotopic (exact) mass is 445 g/mol. The van der Waals surface area contributed by atoms with Crippen molar-refractivity contribution in [3.05, 3.63) is 59.7 Å². The number of nitrogens with one attached hydrogen (secondary N) is 2. The van der Waals surface area contributed by atoms with Crippen LogP contribution in [0.5, 0.6) is 0 Å². The molecule has 30 heavy (non-hydrogen) atoms. The van der Waals surface area contributed by atoms with Crippen molar-refractivity contribution in [2.45, 2.75) is 50.0 Å². The highest BCUT2D eigenvalue weighted by atomic mass is 32.2. The maximum atomic E-state index is 12.9. The molecule has 0 aromatic heterocycles. The molecule has 2 aromatic rings. The number of amides is 1. The molecular formula is C22H27N3O3S2. The molecule has 0 heterocycles. The fourth-order valence-corrected chi connectivity index (χ4v) is 5.30. The summed E-state index contributed by atoms with van der Waals surface area (Å²) in [6, 6.07) is 13.7. The number of thiocarbonyl (C=S) groups is 1. The Bertz CT molecular complexity index is 1010. The Labute approximate surface area is 183 Å². The van der Waals surface area contributed by atoms with Crippen LogP contribution in [0.4, 0.5) is 5.69 Å². The first kappa shape index (κ1) is 22.4. The van der Waals surface area contributed by atoms with Crippen molar-refractivity contribution in [3.8, 4) is 0 Å². The lowest BCUT2D eigenvalue weighted by Gasteiger charge is -2.30. The van der Waals surface area contributed by atoms with Gasteiger partial charge in [-0.15, -0.1) is 0 Å². The van der Waals surface area contributed by atoms with Crippen molar-refractivity contribution in [3.63, 3.8) is 0 Å². The zero-order valence-electron chi connectivity index (χ0n) is 17.2. The molecule has 1 fully saturated rings. The van der Waals surface area contributed by atoms with Crippen molar-refractivity contribution in [1.29, 1.82) is 0 Å². The molecule has 2 N–H and O–H groups in total. The van der Waals surface area contributed by atoms with Gasteiger partial charge in [-0.1, -0.05) is 37.5 Å². The number of hydrogen-bond donors (Lipinski definition) is 2. The van der Waals surface area contributed by atoms with E-state index >= 15 is 0 Å². The first-order chi connectivity index (χ1) is 14.3. The first-order valence-electron chi connectivity index (χ1n) is 10.0. The highest BCUT2D eigenvalue weighted by Crippen LogP contribution is 2.27. The van der Waals surface area contributed by atoms with E-state index in [1.807, 2.05) is 19.1 Å². The van der Waals surface area contributed by atoms with E-state index in [4.69, 9.17) is 12.2 Å². The van der Waals surface area contributed by atoms with E-state index in [2.05, 4.69) is 10.6 Å². The third-order valence-corrected chi connectivity index (χ3v) is 7.62. The average Bonchev–Trinajstić information content (AvgIpc) is 2.74. The van der Waals surface area contributed by atoms with E-state index in [1.54, 1.807) is 43.4 Å². The second kappa shape index (κ2) is 9.68. The van der Waals surface area contributed by atoms with E-state index < -0.39 is 10.0 Å². The van der Waals surface area contributed by atoms with Crippen LogP contribution in [0.3, 0.4) is 0 Å². The van der Waals surface area contributed by atoms with Gasteiger partial charge >= 0.3 is 0 Å². The van der Waals surface area contributed by atoms with Gasteiger partial charge in [0, 0.05) is 24.3 Å². The van der Waals surface area contributed by atoms with E-state index in [-0.39, 0.29) is 22.0 Å². The zero-order chi connectivity index (χ0) is 21.7. The molecule has 0 saturated heterocycles. The van der Waals surface area contributed by atoms with Crippen LogP contribution in [-0.2, 0) is 10.0 Å². The molecule has 0 bridgehead atoms. The number of rotatable bonds is 5. The summed E-state index contributed by atoms with van der Waals surface area (Å²) in [4.78, 5) is 12.6. The molecule has 0 radical (unpaired) electrons. The summed E-state index contributed by atoms with van der Waals surface area (Å²) in [7, 11) is -1.88. The molecule has 1 aliphatic rings. The van der Waals surface area contributed by atoms with Crippen LogP contribution < -0.4 is 10.6 Å². The van der Waals surface area contributed by atoms with Crippen LogP contribution in [0.25, 0.3) is 0 Å². The minimum atomic E-state index is -3.54. The third kappa shape index (κ3) is 5.24. The highest BCUT2D eigenvalue weighted by molar-refractivity contribution is 7.89. The van der Waals surface area contributed by atoms with E-state index in [1.165, 1.54) is 10.7 Å². The third-order valence-electron chi connectivity index (χ3n) is 5.49. The van der Waals surface area contributed by atoms with Gasteiger partial charge in [-0.2, -0.15) is 4.31 Å². The Kier molecular flexibility index (Phi) is 7.23. The number of hydrogen-bond acceptors (Lipinski definition) is 4. The van der Waals surface area contributed by atoms with Crippen LogP contribution in [0.15, 0.2) is 53.4 Å². The van der Waals surface area contributed by atoms with Crippen molar-refractivity contribution >= 4 is 38.9 Å². The van der Waals surface area contributed by atoms with Gasteiger partial charge in [-0.25, -0.2) is 8.42 Å². The van der Waals surface area contributed by atoms with Gasteiger partial charge in [0.2, 0.25) is 10.0 Å². The van der Waals surface area contributed by atoms with Crippen molar-refractivity contribution in [2.75, 3.05) is 12.4 Å². The summed E-state index contributed by atoms with van der Waals surface area (Å²) in [5, 5.41) is 5.72. The molecule has 8 heteroatoms. The van der Waals surface area contributed by atoms with Crippen molar-refractivity contribution < 1.29 is 13.2 Å². The van der Waals surface area contributed by atoms with Gasteiger partial charge in [0.1, 0.15) is 0 Å². The Morgan fingerprint density at radius 3 is 2.30 bits per heavy atom. The molecule has 3 rings (SSSR count). The average molecular weight is 446 g/mol. The smallest absolute Gasteiger partial charge is 0.257 e. The summed E-state index contributed by atoms with van der Waals surface area (Å²) >= 11 is 5.22. The van der Waals surface area contributed by atoms with Gasteiger partial charge in [0.25, 0.3) is 5.91 Å². The molecular weight excluding hydrogens is 418 g/mol. The number of anilines is 1. The molecule has 6 nitrogen and oxygen atoms in total. The predicted molar refractivity (Wildman–Crippen MR) is 123 cm³/mol. The van der Waals surface area contributed by atoms with Gasteiger partial charge in [0.15, 0.2) is 5.11 Å². The molecule has 0 unspecified atom stereocenters. The Morgan fingerprint density at radius 1 is 1.03 bits per heavy atom. The maximum absolute atomic E-state index is 12.9. The molecule has 0 spiro atoms. The normalized spacial score (nSPS) is 15.0. The maximum Gasteiger partial charge on any atom is 0.257 e. The molecule has 0 atom stereocenters. The number of benzene rings is 2. The van der Waals surface area contributed by atoms with Crippen LogP contribution in [0.2, 0.25) is 0 Å². The zero-order valence-corrected chi connectivity index (χ0v) is 18.9. The summed E-state index contributed by atoms with van der Waals surface area (Å²) < 4.78 is 27.3. The second-order valence-electron chi connectivity index (χ2n) is 7.56. The fourth-order valence-electron chi connectivity index (χ4n) is 3.68. The second-order valence-corrected chi connectivity index (χ2v) is 9.97. The molecule has 2 aromatic carbocycles. The minimum absolute atomic E-state index is 0.0609. The molecule has 1 amide bonds. The van der Waals surface area contributed by atoms with Gasteiger partial charge in [-0.05, 0) is 67.9 Å². The number of aryl methyl sites for hydroxylation is 1. The van der Waals surface area contributed by atoms with E-state index in [0.717, 1.165) is 31.2 Å². The topological polar surface area (TPSA) is 78.5 Å². The van der Waals surface area contributed by atoms with Crippen LogP contribution in [0, 0.1) is 6.92 Å². The largest absolute Gasteiger partial charge is 0.332 e. The Morgan fingerprint density at radius 2 is 1.67 bits per heavy atom. The quantitative estimate of drug-likeness (QED) is 0.678. The molecule has 160 valence electrons. The SMILES string of the molecule is Cc1ccccc1C(=O)NC(=S)Nc1ccc(S(=O)(=O)N(C)C2CCCCC2)cc1. The minimum Gasteiger partial charge on any atom is -0.332 e. The van der Waals surface area contributed by atoms with Crippen LogP contribution in [-0.4, -0.2) is 36.8 Å². The first-order valence-corrected chi connectivity index (χ1v) is 11.9. The number of carbonyl (C=O) groups excluding carboxylic acids is 1. The van der Waals surface area contributed by atoms with Crippen molar-refractivity contribution in [2.24, 2.45) is 0 Å². The Balaban J connectivity index is 1.63. The van der Waals surface area contributed by atoms with Gasteiger partial charge < -0.3 is 5.32 Å². The van der Waals surface area contributed by atoms with E-state index in [9.17, 15) is 13.2 Å². The molecule has 1 saturated carbocycles. The van der Waals surface area contributed by atoms with Crippen molar-refractivity contribution in [1.82, 2.24) is 9.62 Å². The standard InChI is InChI=1S/C22H27N3O3S2/c1-16-8-6-7-11-20(16)21(26)24-22(29)23-17-12-14-19(15-13-17)30(27,28)25(2)18-9-4-3-5-10-18/h6-8,11-15,18H,3-5,9-10H2,1-2H3,(H2,23,24,26,29). The van der Waals surface area contributed by atoms with Crippen LogP contribution >= 0.6 is 12.2 Å². The lowest BCUT2D eigenvalue weighted by atomic mass is 9.96. The molecule has 0 aliphatic heterocycles. The molecule has 1 aliphatic carbocycles. The fraction of sp³-hybridized carbons (Fsp3) is 0.364. The summed E-state index contributed by atoms with van der Waals surface area (Å²) in [6.07, 6.45) is 5.12. The lowest BCUT2D eigenvalue weighted by Crippen LogP contribution is -2.38. The highest BCUT2D eigenvalue weighted by Gasteiger charge is 2.28. The van der Waals surface area contributed by atoms with E-state index in [0.29, 0.717) is 11.3 Å². The van der Waals surface area contributed by atoms with Crippen LogP contribution in [0.1, 0.15) is 48.0 Å². The Hall–Kier alpha value is -2.29. The summed E-state index contributed by atoms with van der Waals surface area (Å²) in [6.45, 7) is 1.86. The number of sulfonamides is 1. The lowest BCUT2D eigenvalue weighted by molar-refractivity contribution is 0.0977.